The van der Waals surface area contributed by atoms with Crippen molar-refractivity contribution in [3.05, 3.63) is 120 Å². The van der Waals surface area contributed by atoms with Crippen molar-refractivity contribution in [3.63, 3.8) is 0 Å². The molecule has 0 N–H and O–H groups in total. The molecule has 1 heterocycles. The van der Waals surface area contributed by atoms with Crippen LogP contribution < -0.4 is 20.8 Å². The third kappa shape index (κ3) is 5.09. The lowest BCUT2D eigenvalue weighted by molar-refractivity contribution is 0.108. The minimum Gasteiger partial charge on any atom is -0.375 e. The number of ether oxygens (including phenoxy) is 1. The van der Waals surface area contributed by atoms with E-state index in [-0.39, 0.29) is 0 Å². The van der Waals surface area contributed by atoms with Crippen molar-refractivity contribution >= 4 is 29.5 Å². The summed E-state index contributed by atoms with van der Waals surface area (Å²) in [5.41, 5.74) is 4.00. The number of rotatable bonds is 8. The van der Waals surface area contributed by atoms with Gasteiger partial charge in [0, 0.05) is 17.5 Å². The second kappa shape index (κ2) is 11.0. The van der Waals surface area contributed by atoms with E-state index in [0.29, 0.717) is 12.6 Å². The molecule has 3 heteroatoms. The minimum atomic E-state index is -0.650. The summed E-state index contributed by atoms with van der Waals surface area (Å²) in [6.45, 7) is 4.79. The van der Waals surface area contributed by atoms with Crippen LogP contribution in [0.15, 0.2) is 109 Å². The van der Waals surface area contributed by atoms with Gasteiger partial charge in [0.05, 0.1) is 19.3 Å². The largest absolute Gasteiger partial charge is 0.375 e. The molecule has 1 saturated heterocycles. The molecule has 5 rings (SSSR count). The smallest absolute Gasteiger partial charge is 0.0717 e. The number of anilines is 1. The molecule has 0 aromatic heterocycles. The molecule has 34 heavy (non-hydrogen) atoms. The predicted molar refractivity (Wildman–Crippen MR) is 146 cm³/mol. The van der Waals surface area contributed by atoms with Crippen LogP contribution in [-0.2, 0) is 11.3 Å². The van der Waals surface area contributed by atoms with Gasteiger partial charge < -0.3 is 9.64 Å². The molecule has 0 unspecified atom stereocenters. The number of benzene rings is 4. The molecule has 4 aromatic carbocycles. The Balaban J connectivity index is 1.47. The van der Waals surface area contributed by atoms with Crippen LogP contribution in [0, 0.1) is 6.92 Å². The molecule has 0 aliphatic carbocycles. The molecule has 1 aliphatic heterocycles. The number of para-hydroxylation sites is 1. The average molecular weight is 466 g/mol. The van der Waals surface area contributed by atoms with Gasteiger partial charge in [-0.1, -0.05) is 109 Å². The van der Waals surface area contributed by atoms with Gasteiger partial charge in [-0.25, -0.2) is 0 Å². The van der Waals surface area contributed by atoms with Gasteiger partial charge >= 0.3 is 0 Å². The molecule has 1 atom stereocenters. The van der Waals surface area contributed by atoms with Crippen molar-refractivity contribution in [2.45, 2.75) is 32.4 Å². The molecule has 0 amide bonds. The first-order valence-corrected chi connectivity index (χ1v) is 13.5. The van der Waals surface area contributed by atoms with E-state index in [1.165, 1.54) is 45.6 Å². The van der Waals surface area contributed by atoms with E-state index < -0.39 is 7.92 Å². The van der Waals surface area contributed by atoms with Gasteiger partial charge in [0.2, 0.25) is 0 Å². The molecule has 0 radical (unpaired) electrons. The van der Waals surface area contributed by atoms with Crippen LogP contribution >= 0.6 is 7.92 Å². The maximum atomic E-state index is 6.23. The standard InChI is InChI=1S/C31H32NOP/c1-25-13-11-21-30(34(28-17-7-3-8-18-28)29-19-9-4-10-20-29)31(25)32-22-12-16-27(32)24-33-23-26-14-5-2-6-15-26/h2-11,13-15,17-21,27H,12,16,22-24H2,1H3/t27-/m0/s1. The van der Waals surface area contributed by atoms with Crippen molar-refractivity contribution in [1.29, 1.82) is 0 Å². The molecule has 172 valence electrons. The quantitative estimate of drug-likeness (QED) is 0.299. The SMILES string of the molecule is Cc1cccc(P(c2ccccc2)c2ccccc2)c1N1CCC[C@H]1COCc1ccccc1. The minimum absolute atomic E-state index is 0.409. The fourth-order valence-corrected chi connectivity index (χ4v) is 7.52. The fraction of sp³-hybridized carbons (Fsp3) is 0.226. The highest BCUT2D eigenvalue weighted by molar-refractivity contribution is 7.80. The van der Waals surface area contributed by atoms with E-state index in [0.717, 1.165) is 13.2 Å². The molecule has 1 fully saturated rings. The Morgan fingerprint density at radius 1 is 0.765 bits per heavy atom. The van der Waals surface area contributed by atoms with Gasteiger partial charge in [0.25, 0.3) is 0 Å². The molecule has 0 bridgehead atoms. The third-order valence-electron chi connectivity index (χ3n) is 6.57. The highest BCUT2D eigenvalue weighted by Crippen LogP contribution is 2.39. The van der Waals surface area contributed by atoms with Crippen LogP contribution in [-0.4, -0.2) is 19.2 Å². The second-order valence-corrected chi connectivity index (χ2v) is 11.1. The van der Waals surface area contributed by atoms with E-state index in [1.54, 1.807) is 0 Å². The van der Waals surface area contributed by atoms with Gasteiger partial charge in [-0.15, -0.1) is 0 Å². The van der Waals surface area contributed by atoms with Crippen LogP contribution in [0.1, 0.15) is 24.0 Å². The van der Waals surface area contributed by atoms with E-state index >= 15 is 0 Å². The normalized spacial score (nSPS) is 15.7. The average Bonchev–Trinajstić information content (AvgIpc) is 3.34. The van der Waals surface area contributed by atoms with E-state index in [1.807, 2.05) is 0 Å². The molecule has 1 aliphatic rings. The summed E-state index contributed by atoms with van der Waals surface area (Å²) in [5.74, 6) is 0. The van der Waals surface area contributed by atoms with Crippen LogP contribution in [0.5, 0.6) is 0 Å². The van der Waals surface area contributed by atoms with Crippen molar-refractivity contribution in [2.24, 2.45) is 0 Å². The maximum absolute atomic E-state index is 6.23. The van der Waals surface area contributed by atoms with Crippen molar-refractivity contribution in [2.75, 3.05) is 18.1 Å². The Kier molecular flexibility index (Phi) is 7.39. The molecule has 0 spiro atoms. The first-order valence-electron chi connectivity index (χ1n) is 12.2. The van der Waals surface area contributed by atoms with Gasteiger partial charge in [0.15, 0.2) is 0 Å². The third-order valence-corrected chi connectivity index (χ3v) is 9.04. The first kappa shape index (κ1) is 22.8. The predicted octanol–water partition coefficient (Wildman–Crippen LogP) is 5.94. The molecular weight excluding hydrogens is 433 g/mol. The molecule has 0 saturated carbocycles. The molecule has 4 aromatic rings. The summed E-state index contributed by atoms with van der Waals surface area (Å²) >= 11 is 0. The Morgan fingerprint density at radius 3 is 2.03 bits per heavy atom. The number of nitrogens with zero attached hydrogens (tertiary/aromatic N) is 1. The Bertz CT molecular complexity index is 1140. The summed E-state index contributed by atoms with van der Waals surface area (Å²) in [4.78, 5) is 2.64. The van der Waals surface area contributed by atoms with E-state index in [9.17, 15) is 0 Å². The van der Waals surface area contributed by atoms with Crippen LogP contribution in [0.2, 0.25) is 0 Å². The maximum Gasteiger partial charge on any atom is 0.0717 e. The van der Waals surface area contributed by atoms with Crippen molar-refractivity contribution in [1.82, 2.24) is 0 Å². The highest BCUT2D eigenvalue weighted by Gasteiger charge is 2.30. The van der Waals surface area contributed by atoms with E-state index in [2.05, 4.69) is 121 Å². The Morgan fingerprint density at radius 2 is 1.38 bits per heavy atom. The summed E-state index contributed by atoms with van der Waals surface area (Å²) in [6.07, 6.45) is 2.39. The van der Waals surface area contributed by atoms with Gasteiger partial charge in [-0.2, -0.15) is 0 Å². The van der Waals surface area contributed by atoms with Gasteiger partial charge in [0.1, 0.15) is 0 Å². The van der Waals surface area contributed by atoms with Crippen LogP contribution in [0.25, 0.3) is 0 Å². The van der Waals surface area contributed by atoms with Crippen LogP contribution in [0.4, 0.5) is 5.69 Å². The van der Waals surface area contributed by atoms with E-state index in [4.69, 9.17) is 4.74 Å². The summed E-state index contributed by atoms with van der Waals surface area (Å²) in [7, 11) is -0.650. The number of aryl methyl sites for hydroxylation is 1. The summed E-state index contributed by atoms with van der Waals surface area (Å²) in [6, 6.07) is 39.8. The van der Waals surface area contributed by atoms with Gasteiger partial charge in [-0.05, 0) is 49.4 Å². The van der Waals surface area contributed by atoms with Crippen molar-refractivity contribution in [3.8, 4) is 0 Å². The lowest BCUT2D eigenvalue weighted by Gasteiger charge is -2.33. The Labute approximate surface area is 205 Å². The highest BCUT2D eigenvalue weighted by atomic mass is 31.1. The Hall–Kier alpha value is -2.93. The lowest BCUT2D eigenvalue weighted by atomic mass is 10.1. The second-order valence-electron chi connectivity index (χ2n) is 8.94. The molecular formula is C31H32NOP. The topological polar surface area (TPSA) is 12.5 Å². The number of hydrogen-bond acceptors (Lipinski definition) is 2. The number of hydrogen-bond donors (Lipinski definition) is 0. The van der Waals surface area contributed by atoms with Crippen LogP contribution in [0.3, 0.4) is 0 Å². The fourth-order valence-electron chi connectivity index (χ4n) is 4.97. The van der Waals surface area contributed by atoms with Crippen molar-refractivity contribution < 1.29 is 4.74 Å². The van der Waals surface area contributed by atoms with Gasteiger partial charge in [-0.3, -0.25) is 0 Å². The summed E-state index contributed by atoms with van der Waals surface area (Å²) in [5, 5.41) is 4.24. The zero-order chi connectivity index (χ0) is 23.2. The molecule has 2 nitrogen and oxygen atoms in total. The first-order chi connectivity index (χ1) is 16.8. The zero-order valence-electron chi connectivity index (χ0n) is 19.8. The summed E-state index contributed by atoms with van der Waals surface area (Å²) < 4.78 is 6.23. The monoisotopic (exact) mass is 465 g/mol. The lowest BCUT2D eigenvalue weighted by Crippen LogP contribution is -2.37. The zero-order valence-corrected chi connectivity index (χ0v) is 20.7.